The Morgan fingerprint density at radius 1 is 1.69 bits per heavy atom. The minimum Gasteiger partial charge on any atom is -0.397 e. The average Bonchev–Trinajstić information content (AvgIpc) is 2.45. The van der Waals surface area contributed by atoms with Crippen LogP contribution in [0.5, 0.6) is 0 Å². The maximum Gasteiger partial charge on any atom is 0.0610 e. The maximum atomic E-state index is 5.78. The topological polar surface area (TPSA) is 41.8 Å². The van der Waals surface area contributed by atoms with Gasteiger partial charge in [0.05, 0.1) is 11.0 Å². The molecule has 1 aromatic rings. The van der Waals surface area contributed by atoms with E-state index in [0.717, 1.165) is 25.4 Å². The molecule has 2 nitrogen and oxygen atoms in total. The summed E-state index contributed by atoms with van der Waals surface area (Å²) in [6, 6.07) is 0. The Bertz CT molecular complexity index is 440. The van der Waals surface area contributed by atoms with Gasteiger partial charge in [-0.15, -0.1) is 0 Å². The molecule has 0 saturated heterocycles. The molecule has 0 bridgehead atoms. The monoisotopic (exact) mass is 288 g/mol. The van der Waals surface area contributed by atoms with Gasteiger partial charge in [-0.3, -0.25) is 0 Å². The fourth-order valence-electron chi connectivity index (χ4n) is 1.16. The maximum absolute atomic E-state index is 5.78. The summed E-state index contributed by atoms with van der Waals surface area (Å²) in [5, 5.41) is 2.13. The molecule has 0 aliphatic rings. The van der Waals surface area contributed by atoms with E-state index in [2.05, 4.69) is 34.2 Å². The van der Waals surface area contributed by atoms with Crippen molar-refractivity contribution >= 4 is 37.9 Å². The van der Waals surface area contributed by atoms with Crippen molar-refractivity contribution in [1.29, 1.82) is 0 Å². The molecule has 13 heavy (non-hydrogen) atoms. The van der Waals surface area contributed by atoms with Gasteiger partial charge in [-0.2, -0.15) is 0 Å². The highest BCUT2D eigenvalue weighted by Gasteiger charge is 1.99. The van der Waals surface area contributed by atoms with Crippen molar-refractivity contribution in [3.8, 4) is 0 Å². The highest BCUT2D eigenvalue weighted by atomic mass is 127. The Hall–Kier alpha value is -0.710. The van der Waals surface area contributed by atoms with E-state index in [1.165, 1.54) is 0 Å². The van der Waals surface area contributed by atoms with Gasteiger partial charge >= 0.3 is 0 Å². The summed E-state index contributed by atoms with van der Waals surface area (Å²) < 4.78 is 1.13. The Kier molecular flexibility index (Phi) is 3.19. The summed E-state index contributed by atoms with van der Waals surface area (Å²) in [6.07, 6.45) is 3.81. The highest BCUT2D eigenvalue weighted by molar-refractivity contribution is 14.1. The summed E-state index contributed by atoms with van der Waals surface area (Å²) in [4.78, 5) is 3.14. The third-order valence-corrected chi connectivity index (χ3v) is 3.30. The van der Waals surface area contributed by atoms with Crippen molar-refractivity contribution in [3.63, 3.8) is 0 Å². The zero-order valence-electron chi connectivity index (χ0n) is 7.82. The third kappa shape index (κ3) is 1.96. The Morgan fingerprint density at radius 2 is 2.31 bits per heavy atom. The van der Waals surface area contributed by atoms with Gasteiger partial charge in [0.15, 0.2) is 0 Å². The molecule has 0 atom stereocenters. The van der Waals surface area contributed by atoms with E-state index >= 15 is 0 Å². The largest absolute Gasteiger partial charge is 0.397 e. The van der Waals surface area contributed by atoms with E-state index in [-0.39, 0.29) is 0 Å². The molecule has 1 rings (SSSR count). The number of halogens is 1. The summed E-state index contributed by atoms with van der Waals surface area (Å²) in [5.41, 5.74) is 7.61. The molecule has 0 aliphatic carbocycles. The van der Waals surface area contributed by atoms with Crippen LogP contribution in [0.25, 0.3) is 9.66 Å². The second-order valence-corrected chi connectivity index (χ2v) is 3.99. The lowest BCUT2D eigenvalue weighted by Gasteiger charge is -1.93. The molecule has 0 spiro atoms. The van der Waals surface area contributed by atoms with Crippen LogP contribution in [0.2, 0.25) is 0 Å². The Morgan fingerprint density at radius 3 is 2.77 bits per heavy atom. The minimum atomic E-state index is 0.785. The lowest BCUT2D eigenvalue weighted by molar-refractivity contribution is 1.31. The number of anilines is 1. The smallest absolute Gasteiger partial charge is 0.0610 e. The van der Waals surface area contributed by atoms with Crippen molar-refractivity contribution in [3.05, 3.63) is 28.9 Å². The van der Waals surface area contributed by atoms with Crippen molar-refractivity contribution in [2.75, 3.05) is 5.73 Å². The summed E-state index contributed by atoms with van der Waals surface area (Å²) in [7, 11) is 0. The van der Waals surface area contributed by atoms with Gasteiger partial charge in [-0.1, -0.05) is 12.7 Å². The first-order chi connectivity index (χ1) is 6.07. The molecule has 0 unspecified atom stereocenters. The Labute approximate surface area is 91.4 Å². The molecule has 70 valence electrons. The van der Waals surface area contributed by atoms with Crippen LogP contribution >= 0.6 is 22.6 Å². The predicted octanol–water partition coefficient (Wildman–Crippen LogP) is 1.52. The standard InChI is InChI=1S/C10H13IN2/c1-4-7-8(12)5-13-10(7)9(11)6(2)3/h4-5,13H,2,12H2,1,3H3/b7-4-,10-9-. The van der Waals surface area contributed by atoms with E-state index in [9.17, 15) is 0 Å². The third-order valence-electron chi connectivity index (χ3n) is 1.84. The molecule has 3 N–H and O–H groups in total. The number of hydrogen-bond acceptors (Lipinski definition) is 1. The first kappa shape index (κ1) is 10.4. The SMILES string of the molecule is C=C(C)/C(I)=c1/[nH]cc(N)/c1=C/C. The van der Waals surface area contributed by atoms with Crippen molar-refractivity contribution in [2.45, 2.75) is 13.8 Å². The summed E-state index contributed by atoms with van der Waals surface area (Å²) in [6.45, 7) is 7.86. The second kappa shape index (κ2) is 4.00. The summed E-state index contributed by atoms with van der Waals surface area (Å²) >= 11 is 2.27. The van der Waals surface area contributed by atoms with E-state index in [1.54, 1.807) is 0 Å². The first-order valence-corrected chi connectivity index (χ1v) is 5.10. The lowest BCUT2D eigenvalue weighted by atomic mass is 10.3. The molecule has 0 amide bonds. The van der Waals surface area contributed by atoms with Gasteiger partial charge in [-0.25, -0.2) is 0 Å². The van der Waals surface area contributed by atoms with Crippen molar-refractivity contribution < 1.29 is 0 Å². The number of H-pyrrole nitrogens is 1. The van der Waals surface area contributed by atoms with Crippen LogP contribution in [-0.2, 0) is 0 Å². The van der Waals surface area contributed by atoms with Crippen molar-refractivity contribution in [1.82, 2.24) is 4.98 Å². The quantitative estimate of drug-likeness (QED) is 0.756. The van der Waals surface area contributed by atoms with Crippen LogP contribution in [0.4, 0.5) is 5.69 Å². The van der Waals surface area contributed by atoms with Gasteiger partial charge in [0.25, 0.3) is 0 Å². The highest BCUT2D eigenvalue weighted by Crippen LogP contribution is 2.13. The summed E-state index contributed by atoms with van der Waals surface area (Å²) in [5.74, 6) is 0. The van der Waals surface area contributed by atoms with Gasteiger partial charge in [0.1, 0.15) is 0 Å². The normalized spacial score (nSPS) is 14.5. The number of aromatic nitrogens is 1. The number of hydrogen-bond donors (Lipinski definition) is 2. The number of allylic oxidation sites excluding steroid dienone is 1. The van der Waals surface area contributed by atoms with E-state index < -0.39 is 0 Å². The van der Waals surface area contributed by atoms with Crippen LogP contribution in [0.3, 0.4) is 0 Å². The van der Waals surface area contributed by atoms with Crippen LogP contribution in [0.1, 0.15) is 13.8 Å². The molecular formula is C10H13IN2. The van der Waals surface area contributed by atoms with Crippen LogP contribution in [0, 0.1) is 0 Å². The number of nitrogen functional groups attached to an aromatic ring is 1. The minimum absolute atomic E-state index is 0.785. The average molecular weight is 288 g/mol. The molecule has 0 aliphatic heterocycles. The molecule has 0 radical (unpaired) electrons. The molecule has 0 fully saturated rings. The predicted molar refractivity (Wildman–Crippen MR) is 66.8 cm³/mol. The molecule has 1 heterocycles. The zero-order chi connectivity index (χ0) is 10.0. The van der Waals surface area contributed by atoms with Gasteiger partial charge in [0, 0.05) is 15.0 Å². The van der Waals surface area contributed by atoms with Gasteiger partial charge < -0.3 is 10.7 Å². The molecular weight excluding hydrogens is 275 g/mol. The molecule has 0 aromatic carbocycles. The first-order valence-electron chi connectivity index (χ1n) is 4.02. The van der Waals surface area contributed by atoms with E-state index in [4.69, 9.17) is 5.73 Å². The fraction of sp³-hybridized carbons (Fsp3) is 0.200. The Balaban J connectivity index is 3.66. The van der Waals surface area contributed by atoms with Crippen LogP contribution < -0.4 is 16.3 Å². The second-order valence-electron chi connectivity index (χ2n) is 2.92. The number of rotatable bonds is 1. The van der Waals surface area contributed by atoms with E-state index in [0.29, 0.717) is 0 Å². The molecule has 0 saturated carbocycles. The zero-order valence-corrected chi connectivity index (χ0v) is 9.97. The lowest BCUT2D eigenvalue weighted by Crippen LogP contribution is -2.25. The number of nitrogens with two attached hydrogens (primary N) is 1. The molecule has 3 heteroatoms. The van der Waals surface area contributed by atoms with Gasteiger partial charge in [0.2, 0.25) is 0 Å². The van der Waals surface area contributed by atoms with E-state index in [1.807, 2.05) is 26.1 Å². The van der Waals surface area contributed by atoms with Gasteiger partial charge in [-0.05, 0) is 42.0 Å². The van der Waals surface area contributed by atoms with Crippen LogP contribution in [0.15, 0.2) is 18.3 Å². The number of nitrogens with one attached hydrogen (secondary N) is 1. The fourth-order valence-corrected chi connectivity index (χ4v) is 1.60. The van der Waals surface area contributed by atoms with Crippen molar-refractivity contribution in [2.24, 2.45) is 0 Å². The molecule has 1 aromatic heterocycles. The van der Waals surface area contributed by atoms with Crippen LogP contribution in [-0.4, -0.2) is 4.98 Å². The number of aromatic amines is 1.